The smallest absolute Gasteiger partial charge is 0.277 e. The Balaban J connectivity index is 1.45. The lowest BCUT2D eigenvalue weighted by atomic mass is 10.2. The largest absolute Gasteiger partial charge is 0.497 e. The molecular formula is C20H20FN3O4S. The predicted octanol–water partition coefficient (Wildman–Crippen LogP) is 3.51. The summed E-state index contributed by atoms with van der Waals surface area (Å²) in [5.74, 6) is 0.849. The van der Waals surface area contributed by atoms with Crippen molar-refractivity contribution >= 4 is 17.7 Å². The Hall–Kier alpha value is -3.07. The highest BCUT2D eigenvalue weighted by molar-refractivity contribution is 7.99. The molecule has 0 atom stereocenters. The third-order valence-electron chi connectivity index (χ3n) is 4.01. The molecule has 0 N–H and O–H groups in total. The van der Waals surface area contributed by atoms with E-state index in [-0.39, 0.29) is 24.0 Å². The monoisotopic (exact) mass is 417 g/mol. The minimum atomic E-state index is -0.430. The first-order chi connectivity index (χ1) is 14.1. The maximum Gasteiger partial charge on any atom is 0.277 e. The van der Waals surface area contributed by atoms with E-state index < -0.39 is 5.82 Å². The number of aromatic nitrogens is 2. The topological polar surface area (TPSA) is 77.7 Å². The summed E-state index contributed by atoms with van der Waals surface area (Å²) in [7, 11) is 3.25. The summed E-state index contributed by atoms with van der Waals surface area (Å²) >= 11 is 1.16. The van der Waals surface area contributed by atoms with Crippen LogP contribution in [0, 0.1) is 5.82 Å². The van der Waals surface area contributed by atoms with Crippen LogP contribution in [0.25, 0.3) is 11.5 Å². The molecule has 3 rings (SSSR count). The number of thioether (sulfide) groups is 1. The van der Waals surface area contributed by atoms with Gasteiger partial charge in [0.25, 0.3) is 5.22 Å². The zero-order valence-corrected chi connectivity index (χ0v) is 16.8. The highest BCUT2D eigenvalue weighted by Gasteiger charge is 2.14. The molecule has 1 aromatic heterocycles. The standard InChI is InChI=1S/C20H20FN3O4S/c1-24(11-12-27-17-6-4-3-5-16(17)21)18(25)13-29-20-23-22-19(28-20)14-7-9-15(26-2)10-8-14/h3-10H,11-13H2,1-2H3. The number of hydrogen-bond acceptors (Lipinski definition) is 7. The normalized spacial score (nSPS) is 10.6. The molecule has 7 nitrogen and oxygen atoms in total. The zero-order chi connectivity index (χ0) is 20.6. The molecule has 9 heteroatoms. The van der Waals surface area contributed by atoms with Crippen LogP contribution in [0.1, 0.15) is 0 Å². The second kappa shape index (κ2) is 9.92. The van der Waals surface area contributed by atoms with Crippen LogP contribution in [0.5, 0.6) is 11.5 Å². The molecule has 0 aliphatic rings. The molecular weight excluding hydrogens is 397 g/mol. The van der Waals surface area contributed by atoms with Gasteiger partial charge in [-0.05, 0) is 36.4 Å². The Morgan fingerprint density at radius 2 is 1.93 bits per heavy atom. The third kappa shape index (κ3) is 5.71. The van der Waals surface area contributed by atoms with Gasteiger partial charge < -0.3 is 18.8 Å². The SMILES string of the molecule is COc1ccc(-c2nnc(SCC(=O)N(C)CCOc3ccccc3F)o2)cc1. The molecule has 0 bridgehead atoms. The summed E-state index contributed by atoms with van der Waals surface area (Å²) in [6, 6.07) is 13.4. The van der Waals surface area contributed by atoms with E-state index in [0.29, 0.717) is 17.7 Å². The van der Waals surface area contributed by atoms with Gasteiger partial charge in [0, 0.05) is 12.6 Å². The van der Waals surface area contributed by atoms with Crippen molar-refractivity contribution in [3.8, 4) is 23.0 Å². The van der Waals surface area contributed by atoms with Gasteiger partial charge in [0.2, 0.25) is 11.8 Å². The van der Waals surface area contributed by atoms with Crippen molar-refractivity contribution in [1.82, 2.24) is 15.1 Å². The van der Waals surface area contributed by atoms with Crippen molar-refractivity contribution in [3.05, 3.63) is 54.3 Å². The van der Waals surface area contributed by atoms with Crippen molar-refractivity contribution in [2.24, 2.45) is 0 Å². The summed E-state index contributed by atoms with van der Waals surface area (Å²) in [5.41, 5.74) is 0.763. The van der Waals surface area contributed by atoms with Gasteiger partial charge in [-0.3, -0.25) is 4.79 Å². The maximum atomic E-state index is 13.5. The summed E-state index contributed by atoms with van der Waals surface area (Å²) in [4.78, 5) is 13.8. The number of carbonyl (C=O) groups excluding carboxylic acids is 1. The Kier molecular flexibility index (Phi) is 7.07. The lowest BCUT2D eigenvalue weighted by Gasteiger charge is -2.17. The first kappa shape index (κ1) is 20.7. The first-order valence-electron chi connectivity index (χ1n) is 8.79. The van der Waals surface area contributed by atoms with Gasteiger partial charge in [-0.25, -0.2) is 4.39 Å². The lowest BCUT2D eigenvalue weighted by molar-refractivity contribution is -0.127. The van der Waals surface area contributed by atoms with E-state index in [1.807, 2.05) is 12.1 Å². The van der Waals surface area contributed by atoms with Gasteiger partial charge in [0.05, 0.1) is 19.4 Å². The van der Waals surface area contributed by atoms with E-state index in [0.717, 1.165) is 23.1 Å². The van der Waals surface area contributed by atoms with Crippen LogP contribution >= 0.6 is 11.8 Å². The van der Waals surface area contributed by atoms with E-state index >= 15 is 0 Å². The highest BCUT2D eigenvalue weighted by Crippen LogP contribution is 2.25. The molecule has 0 saturated heterocycles. The molecule has 1 amide bonds. The molecule has 29 heavy (non-hydrogen) atoms. The number of halogens is 1. The van der Waals surface area contributed by atoms with Crippen LogP contribution in [0.3, 0.4) is 0 Å². The number of methoxy groups -OCH3 is 1. The van der Waals surface area contributed by atoms with Crippen molar-refractivity contribution in [2.75, 3.05) is 33.1 Å². The van der Waals surface area contributed by atoms with Gasteiger partial charge in [-0.1, -0.05) is 23.9 Å². The molecule has 0 spiro atoms. The summed E-state index contributed by atoms with van der Waals surface area (Å²) < 4.78 is 29.6. The van der Waals surface area contributed by atoms with Crippen LogP contribution in [0.2, 0.25) is 0 Å². The molecule has 0 radical (unpaired) electrons. The van der Waals surface area contributed by atoms with Gasteiger partial charge in [-0.2, -0.15) is 0 Å². The van der Waals surface area contributed by atoms with E-state index in [4.69, 9.17) is 13.9 Å². The molecule has 0 saturated carbocycles. The number of carbonyl (C=O) groups is 1. The number of nitrogens with zero attached hydrogens (tertiary/aromatic N) is 3. The van der Waals surface area contributed by atoms with Crippen molar-refractivity contribution < 1.29 is 23.1 Å². The number of hydrogen-bond donors (Lipinski definition) is 0. The fraction of sp³-hybridized carbons (Fsp3) is 0.250. The van der Waals surface area contributed by atoms with Crippen molar-refractivity contribution in [2.45, 2.75) is 5.22 Å². The fourth-order valence-electron chi connectivity index (χ4n) is 2.33. The Morgan fingerprint density at radius 3 is 2.66 bits per heavy atom. The molecule has 3 aromatic rings. The van der Waals surface area contributed by atoms with E-state index in [2.05, 4.69) is 10.2 Å². The number of para-hydroxylation sites is 1. The number of ether oxygens (including phenoxy) is 2. The number of rotatable bonds is 9. The lowest BCUT2D eigenvalue weighted by Crippen LogP contribution is -2.32. The van der Waals surface area contributed by atoms with Crippen LogP contribution in [-0.4, -0.2) is 54.1 Å². The van der Waals surface area contributed by atoms with Gasteiger partial charge in [-0.15, -0.1) is 10.2 Å². The van der Waals surface area contributed by atoms with Crippen LogP contribution in [0.15, 0.2) is 58.2 Å². The first-order valence-corrected chi connectivity index (χ1v) is 9.77. The molecule has 0 aliphatic carbocycles. The molecule has 152 valence electrons. The van der Waals surface area contributed by atoms with Crippen LogP contribution in [-0.2, 0) is 4.79 Å². The maximum absolute atomic E-state index is 13.5. The minimum Gasteiger partial charge on any atom is -0.497 e. The Labute approximate surface area is 171 Å². The Morgan fingerprint density at radius 1 is 1.17 bits per heavy atom. The second-order valence-electron chi connectivity index (χ2n) is 5.98. The predicted molar refractivity (Wildman–Crippen MR) is 107 cm³/mol. The quantitative estimate of drug-likeness (QED) is 0.493. The molecule has 0 aliphatic heterocycles. The number of likely N-dealkylation sites (N-methyl/N-ethyl adjacent to an activating group) is 1. The summed E-state index contributed by atoms with van der Waals surface area (Å²) in [6.07, 6.45) is 0. The minimum absolute atomic E-state index is 0.128. The molecule has 1 heterocycles. The summed E-state index contributed by atoms with van der Waals surface area (Å²) in [6.45, 7) is 0.519. The van der Waals surface area contributed by atoms with Crippen molar-refractivity contribution in [1.29, 1.82) is 0 Å². The zero-order valence-electron chi connectivity index (χ0n) is 16.0. The average Bonchev–Trinajstić information content (AvgIpc) is 3.22. The van der Waals surface area contributed by atoms with Gasteiger partial charge >= 0.3 is 0 Å². The van der Waals surface area contributed by atoms with E-state index in [9.17, 15) is 9.18 Å². The van der Waals surface area contributed by atoms with E-state index in [1.165, 1.54) is 11.0 Å². The van der Waals surface area contributed by atoms with Gasteiger partial charge in [0.1, 0.15) is 12.4 Å². The average molecular weight is 417 g/mol. The fourth-order valence-corrected chi connectivity index (χ4v) is 3.03. The van der Waals surface area contributed by atoms with Crippen LogP contribution in [0.4, 0.5) is 4.39 Å². The second-order valence-corrected chi connectivity index (χ2v) is 6.91. The third-order valence-corrected chi connectivity index (χ3v) is 4.81. The highest BCUT2D eigenvalue weighted by atomic mass is 32.2. The molecule has 0 fully saturated rings. The van der Waals surface area contributed by atoms with Crippen molar-refractivity contribution in [3.63, 3.8) is 0 Å². The van der Waals surface area contributed by atoms with Crippen LogP contribution < -0.4 is 9.47 Å². The molecule has 0 unspecified atom stereocenters. The Bertz CT molecular complexity index is 949. The van der Waals surface area contributed by atoms with E-state index in [1.54, 1.807) is 44.5 Å². The van der Waals surface area contributed by atoms with Gasteiger partial charge in [0.15, 0.2) is 11.6 Å². The number of benzene rings is 2. The number of amides is 1. The summed E-state index contributed by atoms with van der Waals surface area (Å²) in [5, 5.41) is 8.26. The molecule has 2 aromatic carbocycles.